The van der Waals surface area contributed by atoms with Gasteiger partial charge in [0.1, 0.15) is 6.29 Å². The third-order valence-electron chi connectivity index (χ3n) is 6.39. The van der Waals surface area contributed by atoms with Gasteiger partial charge in [-0.05, 0) is 25.5 Å². The minimum Gasteiger partial charge on any atom is -0.321 e. The van der Waals surface area contributed by atoms with Crippen molar-refractivity contribution in [1.82, 2.24) is 15.6 Å². The quantitative estimate of drug-likeness (QED) is 0.0582. The number of aldehydes is 1. The van der Waals surface area contributed by atoms with Crippen molar-refractivity contribution in [3.63, 3.8) is 0 Å². The molecule has 8 N–H and O–H groups in total. The number of hydrogen-bond donors (Lipinski definition) is 6. The monoisotopic (exact) mass is 583 g/mol. The summed E-state index contributed by atoms with van der Waals surface area (Å²) in [6.45, 7) is 4.12. The first-order valence-corrected chi connectivity index (χ1v) is 13.8. The Morgan fingerprint density at radius 3 is 2.37 bits per heavy atom. The molecule has 13 heteroatoms. The number of benzodiazepines with no additional fused rings is 1. The maximum absolute atomic E-state index is 13.3. The Kier molecular flexibility index (Phi) is 13.4. The van der Waals surface area contributed by atoms with E-state index in [0.717, 1.165) is 12.0 Å². The van der Waals surface area contributed by atoms with Crippen LogP contribution >= 0.6 is 12.6 Å². The van der Waals surface area contributed by atoms with E-state index in [9.17, 15) is 14.4 Å². The maximum atomic E-state index is 13.3. The minimum atomic E-state index is -1.16. The number of benzene rings is 2. The molecule has 12 nitrogen and oxygen atoms in total. The first-order valence-electron chi connectivity index (χ1n) is 13.2. The van der Waals surface area contributed by atoms with E-state index >= 15 is 0 Å². The van der Waals surface area contributed by atoms with Gasteiger partial charge in [0.05, 0.1) is 30.0 Å². The number of carbonyl (C=O) groups is 3. The normalized spacial score (nSPS) is 16.4. The average Bonchev–Trinajstić information content (AvgIpc) is 3.11. The fourth-order valence-electron chi connectivity index (χ4n) is 4.28. The number of hydrazine groups is 1. The van der Waals surface area contributed by atoms with Gasteiger partial charge in [-0.1, -0.05) is 62.4 Å². The number of aliphatic imine (C=N–C) groups is 1. The number of hydrogen-bond acceptors (Lipinski definition) is 10. The highest BCUT2D eigenvalue weighted by molar-refractivity contribution is 7.80. The van der Waals surface area contributed by atoms with Crippen LogP contribution in [0.4, 0.5) is 5.69 Å². The number of nitrogens with zero attached hydrogens (tertiary/aromatic N) is 4. The molecule has 41 heavy (non-hydrogen) atoms. The molecule has 0 fully saturated rings. The molecule has 3 rings (SSSR count). The largest absolute Gasteiger partial charge is 0.321 e. The van der Waals surface area contributed by atoms with Crippen molar-refractivity contribution < 1.29 is 14.4 Å². The van der Waals surface area contributed by atoms with Gasteiger partial charge in [0.2, 0.25) is 12.1 Å². The molecule has 0 aromatic heterocycles. The van der Waals surface area contributed by atoms with E-state index in [-0.39, 0.29) is 18.3 Å². The Labute approximate surface area is 246 Å². The van der Waals surface area contributed by atoms with Gasteiger partial charge in [-0.15, -0.1) is 0 Å². The maximum Gasteiger partial charge on any atom is 0.272 e. The Hall–Kier alpha value is -3.78. The Morgan fingerprint density at radius 2 is 1.83 bits per heavy atom. The smallest absolute Gasteiger partial charge is 0.272 e. The van der Waals surface area contributed by atoms with Gasteiger partial charge in [0.15, 0.2) is 5.84 Å². The van der Waals surface area contributed by atoms with Gasteiger partial charge in [-0.25, -0.2) is 10.8 Å². The van der Waals surface area contributed by atoms with Gasteiger partial charge in [-0.3, -0.25) is 9.59 Å². The Morgan fingerprint density at radius 1 is 1.20 bits per heavy atom. The first kappa shape index (κ1) is 33.4. The second kappa shape index (κ2) is 16.5. The van der Waals surface area contributed by atoms with Gasteiger partial charge in [0.25, 0.3) is 5.91 Å². The fourth-order valence-corrected chi connectivity index (χ4v) is 4.44. The molecule has 1 aliphatic heterocycles. The number of carbonyl (C=O) groups excluding carboxylic acids is 3. The summed E-state index contributed by atoms with van der Waals surface area (Å²) in [5, 5.41) is 6.63. The number of likely N-dealkylation sites (N-methyl/N-ethyl adjacent to an activating group) is 2. The van der Waals surface area contributed by atoms with E-state index in [2.05, 4.69) is 47.3 Å². The number of nitrogens with one attached hydrogen (secondary N) is 2. The van der Waals surface area contributed by atoms with E-state index in [1.54, 1.807) is 12.1 Å². The molecular weight excluding hydrogens is 542 g/mol. The second-order valence-corrected chi connectivity index (χ2v) is 10.1. The average molecular weight is 584 g/mol. The summed E-state index contributed by atoms with van der Waals surface area (Å²) < 4.78 is 0. The van der Waals surface area contributed by atoms with Crippen LogP contribution in [0.25, 0.3) is 0 Å². The predicted molar refractivity (Wildman–Crippen MR) is 167 cm³/mol. The highest BCUT2D eigenvalue weighted by Crippen LogP contribution is 2.29. The van der Waals surface area contributed by atoms with E-state index in [1.165, 1.54) is 16.8 Å². The van der Waals surface area contributed by atoms with Crippen molar-refractivity contribution in [2.24, 2.45) is 33.4 Å². The molecule has 3 atom stereocenters. The SMILES string of the molecule is CN(C(=O)C(N)CS)C1N=C(c2ccccc2)c2ccccc2N(CC=O)C1=O.CNC(CC(C)C)/C(=N/N)NN. The molecule has 0 bridgehead atoms. The molecule has 0 spiro atoms. The Bertz CT molecular complexity index is 1220. The summed E-state index contributed by atoms with van der Waals surface area (Å²) in [7, 11) is 3.34. The van der Waals surface area contributed by atoms with Crippen LogP contribution in [0.3, 0.4) is 0 Å². The van der Waals surface area contributed by atoms with E-state index in [0.29, 0.717) is 35.0 Å². The number of thiol groups is 1. The third-order valence-corrected chi connectivity index (χ3v) is 6.79. The topological polar surface area (TPSA) is 185 Å². The van der Waals surface area contributed by atoms with Crippen LogP contribution in [0.1, 0.15) is 31.4 Å². The molecule has 2 aromatic carbocycles. The minimum absolute atomic E-state index is 0.111. The number of amides is 2. The lowest BCUT2D eigenvalue weighted by molar-refractivity contribution is -0.138. The molecule has 0 radical (unpaired) electrons. The van der Waals surface area contributed by atoms with Crippen molar-refractivity contribution >= 4 is 48.0 Å². The summed E-state index contributed by atoms with van der Waals surface area (Å²) in [5.74, 6) is 10.8. The summed E-state index contributed by atoms with van der Waals surface area (Å²) in [4.78, 5) is 44.5. The number of para-hydroxylation sites is 1. The lowest BCUT2D eigenvalue weighted by Crippen LogP contribution is -2.53. The first-order chi connectivity index (χ1) is 19.6. The lowest BCUT2D eigenvalue weighted by atomic mass is 10.0. The van der Waals surface area contributed by atoms with Crippen LogP contribution in [-0.2, 0) is 14.4 Å². The zero-order valence-corrected chi connectivity index (χ0v) is 24.8. The molecule has 3 unspecified atom stereocenters. The van der Waals surface area contributed by atoms with Crippen LogP contribution in [0.2, 0.25) is 0 Å². The molecule has 2 amide bonds. The lowest BCUT2D eigenvalue weighted by Gasteiger charge is -2.29. The van der Waals surface area contributed by atoms with Crippen LogP contribution in [-0.4, -0.2) is 79.2 Å². The molecular formula is C28H41N9O3S. The van der Waals surface area contributed by atoms with Gasteiger partial charge >= 0.3 is 0 Å². The van der Waals surface area contributed by atoms with Crippen molar-refractivity contribution in [3.05, 3.63) is 65.7 Å². The third kappa shape index (κ3) is 8.60. The van der Waals surface area contributed by atoms with Crippen molar-refractivity contribution in [2.75, 3.05) is 31.3 Å². The zero-order valence-electron chi connectivity index (χ0n) is 23.9. The summed E-state index contributed by atoms with van der Waals surface area (Å²) in [6.07, 6.45) is 0.452. The second-order valence-electron chi connectivity index (χ2n) is 9.72. The van der Waals surface area contributed by atoms with Crippen molar-refractivity contribution in [2.45, 2.75) is 38.5 Å². The van der Waals surface area contributed by atoms with Crippen LogP contribution in [0, 0.1) is 5.92 Å². The number of fused-ring (bicyclic) bond motifs is 1. The highest BCUT2D eigenvalue weighted by Gasteiger charge is 2.36. The molecule has 1 heterocycles. The molecule has 1 aliphatic rings. The van der Waals surface area contributed by atoms with Crippen LogP contribution in [0.15, 0.2) is 64.7 Å². The fraction of sp³-hybridized carbons (Fsp3) is 0.393. The highest BCUT2D eigenvalue weighted by atomic mass is 32.1. The summed E-state index contributed by atoms with van der Waals surface area (Å²) in [5.41, 5.74) is 10.9. The van der Waals surface area contributed by atoms with Gasteiger partial charge in [-0.2, -0.15) is 17.7 Å². The molecule has 222 valence electrons. The van der Waals surface area contributed by atoms with Crippen LogP contribution < -0.4 is 33.1 Å². The molecule has 0 aliphatic carbocycles. The van der Waals surface area contributed by atoms with E-state index in [1.807, 2.05) is 49.5 Å². The van der Waals surface area contributed by atoms with Crippen molar-refractivity contribution in [1.29, 1.82) is 0 Å². The summed E-state index contributed by atoms with van der Waals surface area (Å²) >= 11 is 4.07. The van der Waals surface area contributed by atoms with E-state index in [4.69, 9.17) is 17.4 Å². The zero-order chi connectivity index (χ0) is 30.5. The standard InChI is InChI=1S/C21H22N4O3S.C7H19N5/c1-24(20(27)16(22)13-29)19-21(28)25(11-12-26)17-10-6-5-9-15(17)18(23-19)14-7-3-2-4-8-14;1-5(2)4-6(10-3)7(11-8)12-9/h2-10,12,16,19,29H,11,13,22H2,1H3;5-6,10H,4,8-9H2,1-3H3,(H,11,12). The van der Waals surface area contributed by atoms with E-state index < -0.39 is 24.0 Å². The number of hydrazone groups is 1. The molecule has 2 aromatic rings. The van der Waals surface area contributed by atoms with Crippen LogP contribution in [0.5, 0.6) is 0 Å². The Balaban J connectivity index is 0.000000415. The number of nitrogens with two attached hydrogens (primary N) is 3. The summed E-state index contributed by atoms with van der Waals surface area (Å²) in [6, 6.07) is 15.9. The predicted octanol–water partition coefficient (Wildman–Crippen LogP) is 0.467. The molecule has 0 saturated heterocycles. The van der Waals surface area contributed by atoms with Gasteiger partial charge < -0.3 is 36.9 Å². The number of rotatable bonds is 10. The molecule has 0 saturated carbocycles. The van der Waals surface area contributed by atoms with Crippen molar-refractivity contribution in [3.8, 4) is 0 Å². The van der Waals surface area contributed by atoms with Gasteiger partial charge in [0, 0.05) is 23.9 Å². The number of anilines is 1. The number of amidine groups is 1.